The van der Waals surface area contributed by atoms with Gasteiger partial charge in [0, 0.05) is 13.1 Å². The van der Waals surface area contributed by atoms with Crippen molar-refractivity contribution in [3.8, 4) is 0 Å². The van der Waals surface area contributed by atoms with Crippen molar-refractivity contribution in [2.45, 2.75) is 20.8 Å². The monoisotopic (exact) mass is 125 g/mol. The Balaban J connectivity index is 4.19. The lowest BCUT2D eigenvalue weighted by Crippen LogP contribution is -1.91. The van der Waals surface area contributed by atoms with Gasteiger partial charge in [-0.25, -0.2) is 0 Å². The largest absolute Gasteiger partial charge is 0.293 e. The van der Waals surface area contributed by atoms with E-state index >= 15 is 0 Å². The molecule has 0 aliphatic heterocycles. The number of hydrogen-bond donors (Lipinski definition) is 0. The van der Waals surface area contributed by atoms with Crippen molar-refractivity contribution >= 4 is 12.0 Å². The first-order valence-corrected chi connectivity index (χ1v) is 2.88. The predicted molar refractivity (Wildman–Crippen MR) is 38.6 cm³/mol. The summed E-state index contributed by atoms with van der Waals surface area (Å²) in [6, 6.07) is 0. The minimum Gasteiger partial charge on any atom is -0.293 e. The fourth-order valence-corrected chi connectivity index (χ4v) is 0.508. The minimum absolute atomic E-state index is 0.00981. The van der Waals surface area contributed by atoms with Crippen LogP contribution >= 0.6 is 0 Å². The van der Waals surface area contributed by atoms with Crippen molar-refractivity contribution < 1.29 is 4.79 Å². The van der Waals surface area contributed by atoms with Crippen molar-refractivity contribution in [3.63, 3.8) is 0 Å². The number of ketones is 1. The summed E-state index contributed by atoms with van der Waals surface area (Å²) in [6.45, 7) is 5.08. The maximum Gasteiger partial charge on any atom is 0.177 e. The van der Waals surface area contributed by atoms with Crippen LogP contribution < -0.4 is 0 Å². The molecule has 0 saturated heterocycles. The average Bonchev–Trinajstić information content (AvgIpc) is 1.82. The molecular weight excluding hydrogens is 114 g/mol. The predicted octanol–water partition coefficient (Wildman–Crippen LogP) is 1.57. The summed E-state index contributed by atoms with van der Waals surface area (Å²) in [5, 5.41) is 0. The third-order valence-electron chi connectivity index (χ3n) is 0.902. The van der Waals surface area contributed by atoms with Crippen LogP contribution in [0.5, 0.6) is 0 Å². The molecule has 0 aliphatic carbocycles. The Hall–Kier alpha value is -0.920. The molecule has 0 bridgehead atoms. The van der Waals surface area contributed by atoms with Crippen molar-refractivity contribution in [2.24, 2.45) is 4.99 Å². The molecule has 0 heterocycles. The zero-order valence-electron chi connectivity index (χ0n) is 6.01. The summed E-state index contributed by atoms with van der Waals surface area (Å²) in [7, 11) is 0. The van der Waals surface area contributed by atoms with E-state index in [2.05, 4.69) is 4.99 Å². The van der Waals surface area contributed by atoms with Crippen LogP contribution in [-0.2, 0) is 4.79 Å². The van der Waals surface area contributed by atoms with Gasteiger partial charge in [0.15, 0.2) is 5.78 Å². The summed E-state index contributed by atoms with van der Waals surface area (Å²) in [5.41, 5.74) is 0.525. The number of nitrogens with zero attached hydrogens (tertiary/aromatic N) is 1. The molecule has 9 heavy (non-hydrogen) atoms. The summed E-state index contributed by atoms with van der Waals surface area (Å²) >= 11 is 0. The highest BCUT2D eigenvalue weighted by Gasteiger charge is 1.95. The summed E-state index contributed by atoms with van der Waals surface area (Å²) in [5.74, 6) is 0.00981. The zero-order valence-corrected chi connectivity index (χ0v) is 6.01. The smallest absolute Gasteiger partial charge is 0.177 e. The fourth-order valence-electron chi connectivity index (χ4n) is 0.508. The van der Waals surface area contributed by atoms with Gasteiger partial charge in [-0.2, -0.15) is 0 Å². The third-order valence-corrected chi connectivity index (χ3v) is 0.902. The molecule has 0 saturated carbocycles. The molecule has 0 aromatic carbocycles. The Morgan fingerprint density at radius 3 is 2.11 bits per heavy atom. The molecule has 0 N–H and O–H groups in total. The molecule has 0 unspecified atom stereocenters. The van der Waals surface area contributed by atoms with Crippen molar-refractivity contribution in [3.05, 3.63) is 11.8 Å². The van der Waals surface area contributed by atoms with Gasteiger partial charge in [0.1, 0.15) is 5.70 Å². The van der Waals surface area contributed by atoms with E-state index in [0.717, 1.165) is 0 Å². The van der Waals surface area contributed by atoms with E-state index in [9.17, 15) is 4.79 Å². The molecule has 0 rings (SSSR count). The molecule has 2 nitrogen and oxygen atoms in total. The van der Waals surface area contributed by atoms with Gasteiger partial charge in [-0.05, 0) is 13.8 Å². The van der Waals surface area contributed by atoms with Gasteiger partial charge in [0.05, 0.1) is 0 Å². The van der Waals surface area contributed by atoms with Crippen LogP contribution in [0.15, 0.2) is 16.8 Å². The van der Waals surface area contributed by atoms with E-state index in [4.69, 9.17) is 0 Å². The number of rotatable bonds is 2. The SMILES string of the molecule is CC=NC(=CC)C(C)=O. The highest BCUT2D eigenvalue weighted by atomic mass is 16.1. The molecule has 0 atom stereocenters. The number of carbonyl (C=O) groups is 1. The second kappa shape index (κ2) is 4.01. The van der Waals surface area contributed by atoms with Crippen LogP contribution in [0.4, 0.5) is 0 Å². The zero-order chi connectivity index (χ0) is 7.28. The lowest BCUT2D eigenvalue weighted by molar-refractivity contribution is -0.113. The topological polar surface area (TPSA) is 29.4 Å². The molecule has 0 spiro atoms. The first-order chi connectivity index (χ1) is 4.22. The van der Waals surface area contributed by atoms with Crippen molar-refractivity contribution in [1.82, 2.24) is 0 Å². The summed E-state index contributed by atoms with van der Waals surface area (Å²) in [6.07, 6.45) is 3.30. The van der Waals surface area contributed by atoms with Gasteiger partial charge < -0.3 is 0 Å². The Morgan fingerprint density at radius 1 is 1.44 bits per heavy atom. The van der Waals surface area contributed by atoms with E-state index in [1.807, 2.05) is 0 Å². The van der Waals surface area contributed by atoms with Crippen molar-refractivity contribution in [2.75, 3.05) is 0 Å². The number of Topliss-reactive ketones (excluding diaryl/α,β-unsaturated/α-hetero) is 1. The van der Waals surface area contributed by atoms with Crippen molar-refractivity contribution in [1.29, 1.82) is 0 Å². The van der Waals surface area contributed by atoms with E-state index in [1.165, 1.54) is 6.92 Å². The quantitative estimate of drug-likeness (QED) is 0.407. The van der Waals surface area contributed by atoms with Crippen LogP contribution in [0.2, 0.25) is 0 Å². The normalized spacial score (nSPS) is 12.6. The number of carbonyl (C=O) groups excluding carboxylic acids is 1. The highest BCUT2D eigenvalue weighted by Crippen LogP contribution is 1.95. The molecule has 0 amide bonds. The van der Waals surface area contributed by atoms with Crippen LogP contribution in [0.3, 0.4) is 0 Å². The highest BCUT2D eigenvalue weighted by molar-refractivity contribution is 5.94. The standard InChI is InChI=1S/C7H11NO/c1-4-7(6(3)9)8-5-2/h4-5H,1-3H3. The fraction of sp³-hybridized carbons (Fsp3) is 0.429. The number of aliphatic imine (C=N–C) groups is 1. The molecular formula is C7H11NO. The van der Waals surface area contributed by atoms with Gasteiger partial charge >= 0.3 is 0 Å². The molecule has 0 aromatic heterocycles. The molecule has 2 heteroatoms. The molecule has 0 aromatic rings. The van der Waals surface area contributed by atoms with E-state index in [0.29, 0.717) is 5.70 Å². The Bertz CT molecular complexity index is 156. The molecule has 50 valence electrons. The lowest BCUT2D eigenvalue weighted by atomic mass is 10.3. The first-order valence-electron chi connectivity index (χ1n) is 2.88. The van der Waals surface area contributed by atoms with Gasteiger partial charge in [0.2, 0.25) is 0 Å². The van der Waals surface area contributed by atoms with Crippen LogP contribution in [-0.4, -0.2) is 12.0 Å². The second-order valence-corrected chi connectivity index (χ2v) is 1.62. The van der Waals surface area contributed by atoms with Crippen LogP contribution in [0.25, 0.3) is 0 Å². The Morgan fingerprint density at radius 2 is 2.00 bits per heavy atom. The van der Waals surface area contributed by atoms with E-state index in [-0.39, 0.29) is 5.78 Å². The first kappa shape index (κ1) is 8.08. The molecule has 0 fully saturated rings. The van der Waals surface area contributed by atoms with Gasteiger partial charge in [-0.15, -0.1) is 0 Å². The van der Waals surface area contributed by atoms with Crippen LogP contribution in [0.1, 0.15) is 20.8 Å². The molecule has 0 aliphatic rings. The second-order valence-electron chi connectivity index (χ2n) is 1.62. The van der Waals surface area contributed by atoms with Gasteiger partial charge in [-0.3, -0.25) is 9.79 Å². The number of hydrogen-bond acceptors (Lipinski definition) is 2. The summed E-state index contributed by atoms with van der Waals surface area (Å²) < 4.78 is 0. The average molecular weight is 125 g/mol. The lowest BCUT2D eigenvalue weighted by Gasteiger charge is -1.89. The van der Waals surface area contributed by atoms with E-state index in [1.54, 1.807) is 26.1 Å². The third kappa shape index (κ3) is 2.80. The minimum atomic E-state index is 0.00981. The number of allylic oxidation sites excluding steroid dienone is 2. The van der Waals surface area contributed by atoms with Gasteiger partial charge in [0.25, 0.3) is 0 Å². The molecule has 0 radical (unpaired) electrons. The van der Waals surface area contributed by atoms with E-state index < -0.39 is 0 Å². The Labute approximate surface area is 55.3 Å². The maximum absolute atomic E-state index is 10.6. The summed E-state index contributed by atoms with van der Waals surface area (Å²) in [4.78, 5) is 14.4. The van der Waals surface area contributed by atoms with Gasteiger partial charge in [-0.1, -0.05) is 6.08 Å². The Kier molecular flexibility index (Phi) is 3.60. The van der Waals surface area contributed by atoms with Crippen LogP contribution in [0, 0.1) is 0 Å². The maximum atomic E-state index is 10.6.